The third kappa shape index (κ3) is 1.53. The molecule has 1 aromatic carbocycles. The van der Waals surface area contributed by atoms with Crippen LogP contribution in [-0.4, -0.2) is 10.8 Å². The van der Waals surface area contributed by atoms with Gasteiger partial charge in [0.05, 0.1) is 5.02 Å². The summed E-state index contributed by atoms with van der Waals surface area (Å²) in [5, 5.41) is 1.64. The number of Topliss-reactive ketones (excluding diaryl/α,β-unsaturated/α-hetero) is 1. The summed E-state index contributed by atoms with van der Waals surface area (Å²) in [4.78, 5) is 14.1. The predicted molar refractivity (Wildman–Crippen MR) is 57.7 cm³/mol. The second-order valence-electron chi connectivity index (χ2n) is 3.34. The number of benzene rings is 1. The Bertz CT molecular complexity index is 487. The van der Waals surface area contributed by atoms with E-state index in [0.29, 0.717) is 11.4 Å². The van der Waals surface area contributed by atoms with Gasteiger partial charge in [-0.25, -0.2) is 0 Å². The molecule has 2 rings (SSSR count). The van der Waals surface area contributed by atoms with Gasteiger partial charge in [0.25, 0.3) is 0 Å². The third-order valence-corrected chi connectivity index (χ3v) is 2.57. The summed E-state index contributed by atoms with van der Waals surface area (Å²) in [5.74, 6) is 0.110. The maximum Gasteiger partial charge on any atom is 0.135 e. The van der Waals surface area contributed by atoms with Crippen LogP contribution < -0.4 is 0 Å². The minimum atomic E-state index is 0.110. The smallest absolute Gasteiger partial charge is 0.135 e. The van der Waals surface area contributed by atoms with Crippen molar-refractivity contribution >= 4 is 28.3 Å². The van der Waals surface area contributed by atoms with Gasteiger partial charge in [0.2, 0.25) is 0 Å². The molecule has 0 atom stereocenters. The summed E-state index contributed by atoms with van der Waals surface area (Å²) in [6.07, 6.45) is 0.369. The number of ketones is 1. The Labute approximate surface area is 86.9 Å². The lowest BCUT2D eigenvalue weighted by atomic mass is 10.2. The number of halogens is 1. The van der Waals surface area contributed by atoms with Gasteiger partial charge in [-0.05, 0) is 13.0 Å². The van der Waals surface area contributed by atoms with Crippen molar-refractivity contribution < 1.29 is 4.79 Å². The number of hydrogen-bond donors (Lipinski definition) is 1. The first kappa shape index (κ1) is 9.28. The molecular weight excluding hydrogens is 198 g/mol. The van der Waals surface area contributed by atoms with E-state index in [1.807, 2.05) is 24.3 Å². The lowest BCUT2D eigenvalue weighted by molar-refractivity contribution is -0.116. The molecule has 0 amide bonds. The zero-order chi connectivity index (χ0) is 10.1. The van der Waals surface area contributed by atoms with Gasteiger partial charge in [0.15, 0.2) is 0 Å². The number of para-hydroxylation sites is 1. The fourth-order valence-corrected chi connectivity index (χ4v) is 1.81. The molecule has 3 heteroatoms. The maximum atomic E-state index is 11.0. The topological polar surface area (TPSA) is 32.9 Å². The van der Waals surface area contributed by atoms with Crippen LogP contribution in [0.4, 0.5) is 0 Å². The fraction of sp³-hybridized carbons (Fsp3) is 0.182. The van der Waals surface area contributed by atoms with Crippen LogP contribution in [0.3, 0.4) is 0 Å². The van der Waals surface area contributed by atoms with Crippen molar-refractivity contribution in [2.45, 2.75) is 13.3 Å². The number of carbonyl (C=O) groups excluding carboxylic acids is 1. The lowest BCUT2D eigenvalue weighted by Gasteiger charge is -1.92. The van der Waals surface area contributed by atoms with Gasteiger partial charge >= 0.3 is 0 Å². The van der Waals surface area contributed by atoms with E-state index < -0.39 is 0 Å². The van der Waals surface area contributed by atoms with Crippen LogP contribution in [0.5, 0.6) is 0 Å². The standard InChI is InChI=1S/C11H10ClNO/c1-7(14)6-10-11(12)8-4-2-3-5-9(8)13-10/h2-5,13H,6H2,1H3. The molecule has 0 fully saturated rings. The molecule has 0 aliphatic heterocycles. The molecule has 0 aliphatic carbocycles. The molecule has 1 aromatic heterocycles. The van der Waals surface area contributed by atoms with Crippen molar-refractivity contribution in [2.24, 2.45) is 0 Å². The van der Waals surface area contributed by atoms with Crippen molar-refractivity contribution in [3.8, 4) is 0 Å². The van der Waals surface area contributed by atoms with Crippen LogP contribution in [0.15, 0.2) is 24.3 Å². The van der Waals surface area contributed by atoms with Crippen molar-refractivity contribution in [1.29, 1.82) is 0 Å². The van der Waals surface area contributed by atoms with Gasteiger partial charge in [0, 0.05) is 23.0 Å². The lowest BCUT2D eigenvalue weighted by Crippen LogP contribution is -1.96. The summed E-state index contributed by atoms with van der Waals surface area (Å²) in [5.41, 5.74) is 1.79. The monoisotopic (exact) mass is 207 g/mol. The van der Waals surface area contributed by atoms with Crippen LogP contribution in [0.25, 0.3) is 10.9 Å². The normalized spacial score (nSPS) is 10.7. The highest BCUT2D eigenvalue weighted by Crippen LogP contribution is 2.27. The Kier molecular flexibility index (Phi) is 2.30. The molecule has 0 unspecified atom stereocenters. The van der Waals surface area contributed by atoms with E-state index in [0.717, 1.165) is 16.6 Å². The molecule has 2 aromatic rings. The number of carbonyl (C=O) groups is 1. The average Bonchev–Trinajstić information content (AvgIpc) is 2.44. The summed E-state index contributed by atoms with van der Waals surface area (Å²) >= 11 is 6.12. The average molecular weight is 208 g/mol. The van der Waals surface area contributed by atoms with Crippen molar-refractivity contribution in [3.63, 3.8) is 0 Å². The van der Waals surface area contributed by atoms with E-state index in [-0.39, 0.29) is 5.78 Å². The van der Waals surface area contributed by atoms with Gasteiger partial charge < -0.3 is 4.98 Å². The molecule has 0 aliphatic rings. The van der Waals surface area contributed by atoms with Crippen molar-refractivity contribution in [1.82, 2.24) is 4.98 Å². The Hall–Kier alpha value is -1.28. The third-order valence-electron chi connectivity index (χ3n) is 2.14. The number of hydrogen-bond acceptors (Lipinski definition) is 1. The Morgan fingerprint density at radius 2 is 2.14 bits per heavy atom. The van der Waals surface area contributed by atoms with Crippen LogP contribution in [0, 0.1) is 0 Å². The van der Waals surface area contributed by atoms with Crippen LogP contribution >= 0.6 is 11.6 Å². The second kappa shape index (κ2) is 3.46. The summed E-state index contributed by atoms with van der Waals surface area (Å²) in [7, 11) is 0. The Morgan fingerprint density at radius 3 is 2.79 bits per heavy atom. The Morgan fingerprint density at radius 1 is 1.43 bits per heavy atom. The van der Waals surface area contributed by atoms with E-state index in [2.05, 4.69) is 4.98 Å². The van der Waals surface area contributed by atoms with Crippen LogP contribution in [0.2, 0.25) is 5.02 Å². The zero-order valence-corrected chi connectivity index (χ0v) is 8.56. The fourth-order valence-electron chi connectivity index (χ4n) is 1.53. The molecular formula is C11H10ClNO. The molecule has 0 saturated carbocycles. The number of H-pyrrole nitrogens is 1. The second-order valence-corrected chi connectivity index (χ2v) is 3.72. The molecule has 2 nitrogen and oxygen atoms in total. The molecule has 0 spiro atoms. The summed E-state index contributed by atoms with van der Waals surface area (Å²) < 4.78 is 0. The van der Waals surface area contributed by atoms with Gasteiger partial charge in [-0.2, -0.15) is 0 Å². The molecule has 72 valence electrons. The van der Waals surface area contributed by atoms with E-state index >= 15 is 0 Å². The number of nitrogens with one attached hydrogen (secondary N) is 1. The number of fused-ring (bicyclic) bond motifs is 1. The first-order chi connectivity index (χ1) is 6.68. The number of rotatable bonds is 2. The van der Waals surface area contributed by atoms with E-state index in [4.69, 9.17) is 11.6 Å². The maximum absolute atomic E-state index is 11.0. The highest BCUT2D eigenvalue weighted by molar-refractivity contribution is 6.36. The van der Waals surface area contributed by atoms with Crippen molar-refractivity contribution in [3.05, 3.63) is 35.0 Å². The van der Waals surface area contributed by atoms with Gasteiger partial charge in [-0.15, -0.1) is 0 Å². The minimum absolute atomic E-state index is 0.110. The zero-order valence-electron chi connectivity index (χ0n) is 7.80. The van der Waals surface area contributed by atoms with Gasteiger partial charge in [-0.1, -0.05) is 29.8 Å². The quantitative estimate of drug-likeness (QED) is 0.807. The largest absolute Gasteiger partial charge is 0.357 e. The first-order valence-corrected chi connectivity index (χ1v) is 4.81. The van der Waals surface area contributed by atoms with E-state index in [9.17, 15) is 4.79 Å². The Balaban J connectivity index is 2.57. The highest BCUT2D eigenvalue weighted by atomic mass is 35.5. The SMILES string of the molecule is CC(=O)Cc1[nH]c2ccccc2c1Cl. The number of aromatic amines is 1. The molecule has 14 heavy (non-hydrogen) atoms. The highest BCUT2D eigenvalue weighted by Gasteiger charge is 2.09. The summed E-state index contributed by atoms with van der Waals surface area (Å²) in [6.45, 7) is 1.56. The van der Waals surface area contributed by atoms with Gasteiger partial charge in [-0.3, -0.25) is 4.79 Å². The minimum Gasteiger partial charge on any atom is -0.357 e. The first-order valence-electron chi connectivity index (χ1n) is 4.43. The number of aromatic nitrogens is 1. The van der Waals surface area contributed by atoms with Crippen LogP contribution in [0.1, 0.15) is 12.6 Å². The molecule has 1 N–H and O–H groups in total. The van der Waals surface area contributed by atoms with Crippen LogP contribution in [-0.2, 0) is 11.2 Å². The van der Waals surface area contributed by atoms with Gasteiger partial charge in [0.1, 0.15) is 5.78 Å². The molecule has 1 heterocycles. The van der Waals surface area contributed by atoms with E-state index in [1.54, 1.807) is 6.92 Å². The molecule has 0 saturated heterocycles. The molecule has 0 bridgehead atoms. The predicted octanol–water partition coefficient (Wildman–Crippen LogP) is 2.95. The summed E-state index contributed by atoms with van der Waals surface area (Å²) in [6, 6.07) is 7.76. The van der Waals surface area contributed by atoms with E-state index in [1.165, 1.54) is 0 Å². The van der Waals surface area contributed by atoms with Crippen molar-refractivity contribution in [2.75, 3.05) is 0 Å². The molecule has 0 radical (unpaired) electrons.